The Hall–Kier alpha value is -1.73. The van der Waals surface area contributed by atoms with Crippen molar-refractivity contribution in [2.24, 2.45) is 0 Å². The lowest BCUT2D eigenvalue weighted by Gasteiger charge is -2.38. The van der Waals surface area contributed by atoms with Crippen LogP contribution in [0.4, 0.5) is 0 Å². The van der Waals surface area contributed by atoms with Crippen molar-refractivity contribution < 1.29 is 9.53 Å². The highest BCUT2D eigenvalue weighted by Crippen LogP contribution is 2.27. The number of aryl methyl sites for hydroxylation is 1. The van der Waals surface area contributed by atoms with Crippen LogP contribution in [0.25, 0.3) is 0 Å². The lowest BCUT2D eigenvalue weighted by molar-refractivity contribution is -0.123. The van der Waals surface area contributed by atoms with Gasteiger partial charge in [-0.1, -0.05) is 35.9 Å². The van der Waals surface area contributed by atoms with E-state index in [4.69, 9.17) is 4.74 Å². The first kappa shape index (κ1) is 22.5. The zero-order chi connectivity index (χ0) is 21.8. The van der Waals surface area contributed by atoms with Crippen LogP contribution in [0.5, 0.6) is 0 Å². The van der Waals surface area contributed by atoms with E-state index in [1.807, 2.05) is 6.07 Å². The van der Waals surface area contributed by atoms with Gasteiger partial charge in [-0.3, -0.25) is 14.6 Å². The molecule has 1 aromatic heterocycles. The van der Waals surface area contributed by atoms with E-state index >= 15 is 0 Å². The second kappa shape index (κ2) is 10.3. The highest BCUT2D eigenvalue weighted by molar-refractivity contribution is 7.10. The first-order valence-corrected chi connectivity index (χ1v) is 12.4. The molecule has 2 aliphatic heterocycles. The van der Waals surface area contributed by atoms with Gasteiger partial charge in [0.25, 0.3) is 0 Å². The topological polar surface area (TPSA) is 44.8 Å². The predicted octanol–water partition coefficient (Wildman–Crippen LogP) is 3.84. The Labute approximate surface area is 190 Å². The highest BCUT2D eigenvalue weighted by Gasteiger charge is 2.31. The summed E-state index contributed by atoms with van der Waals surface area (Å²) in [4.78, 5) is 19.2. The van der Waals surface area contributed by atoms with Crippen molar-refractivity contribution >= 4 is 17.2 Å². The van der Waals surface area contributed by atoms with Gasteiger partial charge < -0.3 is 10.1 Å². The molecule has 6 heteroatoms. The molecular weight excluding hydrogens is 406 g/mol. The fourth-order valence-corrected chi connectivity index (χ4v) is 5.77. The van der Waals surface area contributed by atoms with E-state index in [9.17, 15) is 4.79 Å². The molecule has 31 heavy (non-hydrogen) atoms. The van der Waals surface area contributed by atoms with Crippen molar-refractivity contribution in [2.75, 3.05) is 32.7 Å². The van der Waals surface area contributed by atoms with Crippen LogP contribution in [-0.4, -0.2) is 66.7 Å². The van der Waals surface area contributed by atoms with Crippen LogP contribution in [0.1, 0.15) is 48.7 Å². The Bertz CT molecular complexity index is 829. The smallest absolute Gasteiger partial charge is 0.234 e. The Balaban J connectivity index is 1.38. The summed E-state index contributed by atoms with van der Waals surface area (Å²) in [6, 6.07) is 13.0. The summed E-state index contributed by atoms with van der Waals surface area (Å²) >= 11 is 1.69. The van der Waals surface area contributed by atoms with Crippen LogP contribution in [0.3, 0.4) is 0 Å². The molecule has 3 heterocycles. The molecule has 1 N–H and O–H groups in total. The Kier molecular flexibility index (Phi) is 7.43. The predicted molar refractivity (Wildman–Crippen MR) is 127 cm³/mol. The summed E-state index contributed by atoms with van der Waals surface area (Å²) in [7, 11) is 0. The fourth-order valence-electron chi connectivity index (χ4n) is 4.97. The maximum Gasteiger partial charge on any atom is 0.234 e. The van der Waals surface area contributed by atoms with Crippen LogP contribution in [0.2, 0.25) is 0 Å². The Morgan fingerprint density at radius 1 is 1.19 bits per heavy atom. The largest absolute Gasteiger partial charge is 0.373 e. The third-order valence-electron chi connectivity index (χ3n) is 6.35. The van der Waals surface area contributed by atoms with Crippen LogP contribution in [-0.2, 0) is 9.53 Å². The Morgan fingerprint density at radius 2 is 1.94 bits per heavy atom. The first-order valence-electron chi connectivity index (χ1n) is 11.5. The molecule has 2 fully saturated rings. The number of morpholine rings is 1. The van der Waals surface area contributed by atoms with Crippen molar-refractivity contribution in [1.29, 1.82) is 0 Å². The minimum atomic E-state index is -0.0879. The van der Waals surface area contributed by atoms with Gasteiger partial charge in [0.2, 0.25) is 5.91 Å². The van der Waals surface area contributed by atoms with E-state index in [2.05, 4.69) is 71.6 Å². The number of benzene rings is 1. The van der Waals surface area contributed by atoms with Crippen molar-refractivity contribution in [3.8, 4) is 0 Å². The number of nitrogens with one attached hydrogen (secondary N) is 1. The third-order valence-corrected chi connectivity index (χ3v) is 7.29. The normalized spacial score (nSPS) is 26.1. The molecule has 2 aliphatic rings. The summed E-state index contributed by atoms with van der Waals surface area (Å²) in [5, 5.41) is 5.39. The zero-order valence-corrected chi connectivity index (χ0v) is 19.7. The quantitative estimate of drug-likeness (QED) is 0.709. The fraction of sp³-hybridized carbons (Fsp3) is 0.560. The van der Waals surface area contributed by atoms with Gasteiger partial charge in [-0.2, -0.15) is 0 Å². The molecule has 2 saturated heterocycles. The third kappa shape index (κ3) is 5.95. The van der Waals surface area contributed by atoms with E-state index in [0.29, 0.717) is 12.6 Å². The van der Waals surface area contributed by atoms with Crippen LogP contribution >= 0.6 is 11.3 Å². The summed E-state index contributed by atoms with van der Waals surface area (Å²) < 4.78 is 5.88. The van der Waals surface area contributed by atoms with Gasteiger partial charge in [0.15, 0.2) is 0 Å². The molecule has 168 valence electrons. The average molecular weight is 442 g/mol. The number of carbonyl (C=O) groups is 1. The average Bonchev–Trinajstić information content (AvgIpc) is 3.39. The minimum Gasteiger partial charge on any atom is -0.373 e. The monoisotopic (exact) mass is 441 g/mol. The summed E-state index contributed by atoms with van der Waals surface area (Å²) in [6.45, 7) is 10.8. The van der Waals surface area contributed by atoms with Gasteiger partial charge in [-0.05, 0) is 57.2 Å². The molecular formula is C25H35N3O2S. The number of carbonyl (C=O) groups excluding carboxylic acids is 1. The second-order valence-electron chi connectivity index (χ2n) is 9.17. The van der Waals surface area contributed by atoms with Gasteiger partial charge in [0, 0.05) is 30.6 Å². The second-order valence-corrected chi connectivity index (χ2v) is 10.1. The first-order chi connectivity index (χ1) is 15.0. The van der Waals surface area contributed by atoms with Gasteiger partial charge in [-0.15, -0.1) is 11.3 Å². The number of thiophene rings is 1. The van der Waals surface area contributed by atoms with Crippen molar-refractivity contribution in [3.05, 3.63) is 57.8 Å². The van der Waals surface area contributed by atoms with Crippen LogP contribution in [0, 0.1) is 6.92 Å². The van der Waals surface area contributed by atoms with Crippen molar-refractivity contribution in [3.63, 3.8) is 0 Å². The number of hydrogen-bond donors (Lipinski definition) is 1. The number of likely N-dealkylation sites (tertiary alicyclic amines) is 1. The number of ether oxygens (including phenoxy) is 1. The van der Waals surface area contributed by atoms with E-state index < -0.39 is 0 Å². The molecule has 0 aliphatic carbocycles. The summed E-state index contributed by atoms with van der Waals surface area (Å²) in [5.41, 5.74) is 2.36. The van der Waals surface area contributed by atoms with Gasteiger partial charge in [0.05, 0.1) is 24.8 Å². The molecule has 4 atom stereocenters. The lowest BCUT2D eigenvalue weighted by Crippen LogP contribution is -2.51. The SMILES string of the molecule is Cc1ccc(C(NC(=O)CN2CCCC2CN2CC(C)OC(C)C2)c2cccs2)cc1. The molecule has 0 radical (unpaired) electrons. The maximum absolute atomic E-state index is 13.1. The van der Waals surface area contributed by atoms with Gasteiger partial charge in [-0.25, -0.2) is 0 Å². The van der Waals surface area contributed by atoms with E-state index in [1.165, 1.54) is 23.3 Å². The summed E-state index contributed by atoms with van der Waals surface area (Å²) in [6.07, 6.45) is 2.89. The van der Waals surface area contributed by atoms with Crippen LogP contribution in [0.15, 0.2) is 41.8 Å². The van der Waals surface area contributed by atoms with Crippen LogP contribution < -0.4 is 5.32 Å². The lowest BCUT2D eigenvalue weighted by atomic mass is 10.0. The number of hydrogen-bond acceptors (Lipinski definition) is 5. The highest BCUT2D eigenvalue weighted by atomic mass is 32.1. The van der Waals surface area contributed by atoms with E-state index in [0.717, 1.165) is 31.7 Å². The molecule has 5 nitrogen and oxygen atoms in total. The minimum absolute atomic E-state index is 0.0879. The van der Waals surface area contributed by atoms with E-state index in [1.54, 1.807) is 11.3 Å². The summed E-state index contributed by atoms with van der Waals surface area (Å²) in [5.74, 6) is 0.106. The molecule has 0 spiro atoms. The van der Waals surface area contributed by atoms with Crippen molar-refractivity contribution in [1.82, 2.24) is 15.1 Å². The molecule has 0 bridgehead atoms. The molecule has 2 aromatic rings. The molecule has 4 unspecified atom stereocenters. The van der Waals surface area contributed by atoms with E-state index in [-0.39, 0.29) is 24.2 Å². The molecule has 4 rings (SSSR count). The van der Waals surface area contributed by atoms with Gasteiger partial charge >= 0.3 is 0 Å². The molecule has 0 saturated carbocycles. The number of nitrogens with zero attached hydrogens (tertiary/aromatic N) is 2. The maximum atomic E-state index is 13.1. The molecule has 1 amide bonds. The van der Waals surface area contributed by atoms with Crippen molar-refractivity contribution in [2.45, 2.75) is 57.9 Å². The standard InChI is InChI=1S/C25H35N3O2S/c1-18-8-10-21(11-9-18)25(23-7-5-13-31-23)26-24(29)17-28-12-4-6-22(28)16-27-14-19(2)30-20(3)15-27/h5,7-11,13,19-20,22,25H,4,6,12,14-17H2,1-3H3,(H,26,29). The number of rotatable bonds is 7. The van der Waals surface area contributed by atoms with Gasteiger partial charge in [0.1, 0.15) is 0 Å². The molecule has 1 aromatic carbocycles. The zero-order valence-electron chi connectivity index (χ0n) is 18.9. The Morgan fingerprint density at radius 3 is 2.61 bits per heavy atom. The number of amides is 1.